The maximum Gasteiger partial charge on any atom is 0.416 e. The molecule has 1 N–H and O–H groups in total. The van der Waals surface area contributed by atoms with Crippen molar-refractivity contribution in [2.45, 2.75) is 19.0 Å². The summed E-state index contributed by atoms with van der Waals surface area (Å²) in [7, 11) is 0. The molecule has 0 saturated heterocycles. The molecule has 5 aromatic rings. The third kappa shape index (κ3) is 4.06. The van der Waals surface area contributed by atoms with Gasteiger partial charge in [0.15, 0.2) is 0 Å². The zero-order valence-corrected chi connectivity index (χ0v) is 18.7. The summed E-state index contributed by atoms with van der Waals surface area (Å²) in [6, 6.07) is 17.6. The lowest BCUT2D eigenvalue weighted by Crippen LogP contribution is -2.24. The molecular formula is C25H17BrF3N3O. The number of hydrogen-bond donors (Lipinski definition) is 1. The van der Waals surface area contributed by atoms with E-state index in [2.05, 4.69) is 25.9 Å². The molecule has 0 saturated carbocycles. The second kappa shape index (κ2) is 8.19. The average Bonchev–Trinajstić information content (AvgIpc) is 3.19. The third-order valence-corrected chi connectivity index (χ3v) is 6.12. The Hall–Kier alpha value is -3.39. The zero-order chi connectivity index (χ0) is 23.2. The van der Waals surface area contributed by atoms with Gasteiger partial charge in [-0.05, 0) is 60.5 Å². The second-order valence-electron chi connectivity index (χ2n) is 7.74. The van der Waals surface area contributed by atoms with E-state index in [1.807, 2.05) is 24.4 Å². The first-order chi connectivity index (χ1) is 15.8. The first-order valence-electron chi connectivity index (χ1n) is 10.2. The second-order valence-corrected chi connectivity index (χ2v) is 8.65. The molecule has 0 atom stereocenters. The fourth-order valence-electron chi connectivity index (χ4n) is 4.04. The van der Waals surface area contributed by atoms with E-state index in [4.69, 9.17) is 0 Å². The third-order valence-electron chi connectivity index (χ3n) is 5.62. The minimum Gasteiger partial charge on any atom is -0.361 e. The topological polar surface area (TPSA) is 50.7 Å². The van der Waals surface area contributed by atoms with Crippen molar-refractivity contribution < 1.29 is 13.2 Å². The van der Waals surface area contributed by atoms with Crippen LogP contribution in [0.3, 0.4) is 0 Å². The van der Waals surface area contributed by atoms with Crippen molar-refractivity contribution in [3.63, 3.8) is 0 Å². The van der Waals surface area contributed by atoms with Crippen LogP contribution in [0, 0.1) is 0 Å². The molecule has 0 aliphatic carbocycles. The highest BCUT2D eigenvalue weighted by atomic mass is 79.9. The van der Waals surface area contributed by atoms with Crippen LogP contribution < -0.4 is 5.56 Å². The molecule has 2 aromatic heterocycles. The monoisotopic (exact) mass is 511 g/mol. The number of para-hydroxylation sites is 1. The first-order valence-corrected chi connectivity index (χ1v) is 11.0. The van der Waals surface area contributed by atoms with Crippen LogP contribution in [0.25, 0.3) is 27.5 Å². The summed E-state index contributed by atoms with van der Waals surface area (Å²) >= 11 is 3.49. The Balaban J connectivity index is 1.63. The molecule has 0 fully saturated rings. The molecule has 2 heterocycles. The molecule has 8 heteroatoms. The molecule has 0 aliphatic heterocycles. The summed E-state index contributed by atoms with van der Waals surface area (Å²) in [5.74, 6) is 0.405. The Morgan fingerprint density at radius 1 is 0.939 bits per heavy atom. The maximum atomic E-state index is 13.4. The van der Waals surface area contributed by atoms with E-state index in [1.165, 1.54) is 16.7 Å². The van der Waals surface area contributed by atoms with E-state index in [0.29, 0.717) is 29.6 Å². The van der Waals surface area contributed by atoms with Crippen LogP contribution in [0.2, 0.25) is 0 Å². The van der Waals surface area contributed by atoms with Crippen molar-refractivity contribution >= 4 is 37.7 Å². The first kappa shape index (κ1) is 21.5. The van der Waals surface area contributed by atoms with E-state index in [-0.39, 0.29) is 5.69 Å². The summed E-state index contributed by atoms with van der Waals surface area (Å²) in [5, 5.41) is 1.40. The van der Waals surface area contributed by atoms with E-state index < -0.39 is 17.3 Å². The van der Waals surface area contributed by atoms with Gasteiger partial charge in [0, 0.05) is 28.0 Å². The predicted octanol–water partition coefficient (Wildman–Crippen LogP) is 6.43. The number of aryl methyl sites for hydroxylation is 2. The Bertz CT molecular complexity index is 1550. The summed E-state index contributed by atoms with van der Waals surface area (Å²) in [4.78, 5) is 21.3. The van der Waals surface area contributed by atoms with Crippen molar-refractivity contribution in [3.8, 4) is 5.69 Å². The van der Waals surface area contributed by atoms with E-state index >= 15 is 0 Å². The summed E-state index contributed by atoms with van der Waals surface area (Å²) in [5.41, 5.74) is 1.47. The summed E-state index contributed by atoms with van der Waals surface area (Å²) < 4.78 is 42.3. The van der Waals surface area contributed by atoms with Gasteiger partial charge in [0.1, 0.15) is 5.82 Å². The fraction of sp³-hybridized carbons (Fsp3) is 0.120. The van der Waals surface area contributed by atoms with Crippen LogP contribution >= 0.6 is 15.9 Å². The molecule has 4 nitrogen and oxygen atoms in total. The van der Waals surface area contributed by atoms with E-state index in [1.54, 1.807) is 24.3 Å². The molecule has 0 bridgehead atoms. The average molecular weight is 512 g/mol. The molecule has 5 rings (SSSR count). The molecule has 0 spiro atoms. The number of halogens is 4. The Kier molecular flexibility index (Phi) is 5.32. The number of nitrogens with one attached hydrogen (secondary N) is 1. The molecule has 166 valence electrons. The summed E-state index contributed by atoms with van der Waals surface area (Å²) in [6.07, 6.45) is -1.68. The van der Waals surface area contributed by atoms with Gasteiger partial charge < -0.3 is 4.98 Å². The van der Waals surface area contributed by atoms with Crippen LogP contribution in [-0.4, -0.2) is 14.5 Å². The highest BCUT2D eigenvalue weighted by Gasteiger charge is 2.30. The van der Waals surface area contributed by atoms with Gasteiger partial charge >= 0.3 is 6.18 Å². The lowest BCUT2D eigenvalue weighted by molar-refractivity contribution is -0.137. The Morgan fingerprint density at radius 3 is 2.58 bits per heavy atom. The van der Waals surface area contributed by atoms with E-state index in [9.17, 15) is 18.0 Å². The molecule has 3 aromatic carbocycles. The normalized spacial score (nSPS) is 12.0. The lowest BCUT2D eigenvalue weighted by Gasteiger charge is -2.15. The quantitative estimate of drug-likeness (QED) is 0.302. The minimum absolute atomic E-state index is 0.143. The molecule has 0 radical (unpaired) electrons. The number of aromatic amines is 1. The van der Waals surface area contributed by atoms with Crippen LogP contribution in [0.4, 0.5) is 13.2 Å². The van der Waals surface area contributed by atoms with Crippen molar-refractivity contribution in [3.05, 3.63) is 105 Å². The van der Waals surface area contributed by atoms with Crippen molar-refractivity contribution in [1.82, 2.24) is 14.5 Å². The van der Waals surface area contributed by atoms with Crippen molar-refractivity contribution in [1.29, 1.82) is 0 Å². The SMILES string of the molecule is O=c1c2ccccc2nc(CCc2c[nH]c3ccc(Br)cc23)n1-c1cccc(C(F)(F)F)c1. The fourth-order valence-corrected chi connectivity index (χ4v) is 4.40. The number of benzene rings is 3. The van der Waals surface area contributed by atoms with E-state index in [0.717, 1.165) is 33.1 Å². The van der Waals surface area contributed by atoms with Gasteiger partial charge in [-0.2, -0.15) is 13.2 Å². The zero-order valence-electron chi connectivity index (χ0n) is 17.2. The van der Waals surface area contributed by atoms with Gasteiger partial charge in [-0.25, -0.2) is 4.98 Å². The summed E-state index contributed by atoms with van der Waals surface area (Å²) in [6.45, 7) is 0. The molecule has 0 unspecified atom stereocenters. The highest BCUT2D eigenvalue weighted by Crippen LogP contribution is 2.30. The number of fused-ring (bicyclic) bond motifs is 2. The Labute approximate surface area is 194 Å². The number of H-pyrrole nitrogens is 1. The van der Waals surface area contributed by atoms with Crippen molar-refractivity contribution in [2.24, 2.45) is 0 Å². The number of hydrogen-bond acceptors (Lipinski definition) is 2. The number of alkyl halides is 3. The number of nitrogens with zero attached hydrogens (tertiary/aromatic N) is 2. The molecule has 0 aliphatic rings. The maximum absolute atomic E-state index is 13.4. The highest BCUT2D eigenvalue weighted by molar-refractivity contribution is 9.10. The van der Waals surface area contributed by atoms with Gasteiger partial charge in [-0.3, -0.25) is 9.36 Å². The van der Waals surface area contributed by atoms with Crippen LogP contribution in [0.5, 0.6) is 0 Å². The van der Waals surface area contributed by atoms with Gasteiger partial charge in [0.05, 0.1) is 22.2 Å². The Morgan fingerprint density at radius 2 is 1.76 bits per heavy atom. The lowest BCUT2D eigenvalue weighted by atomic mass is 10.1. The largest absolute Gasteiger partial charge is 0.416 e. The molecule has 0 amide bonds. The van der Waals surface area contributed by atoms with Crippen molar-refractivity contribution in [2.75, 3.05) is 0 Å². The number of rotatable bonds is 4. The van der Waals surface area contributed by atoms with Gasteiger partial charge in [0.2, 0.25) is 0 Å². The molecular weight excluding hydrogens is 495 g/mol. The number of aromatic nitrogens is 3. The minimum atomic E-state index is -4.51. The van der Waals surface area contributed by atoms with Gasteiger partial charge in [-0.1, -0.05) is 34.1 Å². The standard InChI is InChI=1S/C25H17BrF3N3O/c26-17-9-10-21-20(13-17)15(14-30-21)8-11-23-31-22-7-2-1-6-19(22)24(33)32(23)18-5-3-4-16(12-18)25(27,28)29/h1-7,9-10,12-14,30H,8,11H2. The van der Waals surface area contributed by atoms with Crippen LogP contribution in [-0.2, 0) is 19.0 Å². The predicted molar refractivity (Wildman–Crippen MR) is 126 cm³/mol. The van der Waals surface area contributed by atoms with Crippen LogP contribution in [0.15, 0.2) is 82.2 Å². The van der Waals surface area contributed by atoms with Gasteiger partial charge in [-0.15, -0.1) is 0 Å². The smallest absolute Gasteiger partial charge is 0.361 e. The van der Waals surface area contributed by atoms with Crippen LogP contribution in [0.1, 0.15) is 17.0 Å². The molecule has 33 heavy (non-hydrogen) atoms. The van der Waals surface area contributed by atoms with Gasteiger partial charge in [0.25, 0.3) is 5.56 Å².